The molecule has 198 valence electrons. The number of aliphatic hydroxyl groups is 3. The Balaban J connectivity index is 2.09. The summed E-state index contributed by atoms with van der Waals surface area (Å²) in [5, 5.41) is 35.8. The third-order valence-corrected chi connectivity index (χ3v) is 5.42. The molecule has 10 nitrogen and oxygen atoms in total. The number of benzene rings is 1. The van der Waals surface area contributed by atoms with E-state index in [0.29, 0.717) is 48.2 Å². The molecule has 0 radical (unpaired) electrons. The number of hydrogen-bond acceptors (Lipinski definition) is 9. The van der Waals surface area contributed by atoms with E-state index in [2.05, 4.69) is 10.6 Å². The molecule has 1 aromatic rings. The van der Waals surface area contributed by atoms with Crippen LogP contribution in [-0.2, 0) is 27.3 Å². The van der Waals surface area contributed by atoms with Crippen LogP contribution in [0, 0.1) is 5.92 Å². The molecular formula is C25H40N2O8. The summed E-state index contributed by atoms with van der Waals surface area (Å²) in [7, 11) is 0. The summed E-state index contributed by atoms with van der Waals surface area (Å²) in [6.45, 7) is 9.09. The maximum atomic E-state index is 12.7. The summed E-state index contributed by atoms with van der Waals surface area (Å²) in [4.78, 5) is 24.5. The van der Waals surface area contributed by atoms with Crippen LogP contribution in [0.3, 0.4) is 0 Å². The van der Waals surface area contributed by atoms with Crippen LogP contribution in [0.5, 0.6) is 5.75 Å². The van der Waals surface area contributed by atoms with Crippen molar-refractivity contribution < 1.29 is 39.1 Å². The summed E-state index contributed by atoms with van der Waals surface area (Å²) in [5.74, 6) is 0.609. The molecule has 0 aliphatic carbocycles. The molecule has 4 atom stereocenters. The van der Waals surface area contributed by atoms with Gasteiger partial charge in [-0.1, -0.05) is 33.8 Å². The van der Waals surface area contributed by atoms with Gasteiger partial charge in [0.25, 0.3) is 0 Å². The van der Waals surface area contributed by atoms with Gasteiger partial charge < -0.3 is 40.2 Å². The molecule has 1 fully saturated rings. The van der Waals surface area contributed by atoms with Gasteiger partial charge >= 0.3 is 6.09 Å². The molecule has 0 spiro atoms. The van der Waals surface area contributed by atoms with E-state index in [-0.39, 0.29) is 25.4 Å². The Morgan fingerprint density at radius 3 is 2.57 bits per heavy atom. The number of rotatable bonds is 13. The highest BCUT2D eigenvalue weighted by Crippen LogP contribution is 2.26. The number of hydrogen-bond donors (Lipinski definition) is 5. The van der Waals surface area contributed by atoms with Crippen LogP contribution in [0.4, 0.5) is 4.79 Å². The first kappa shape index (κ1) is 29.0. The van der Waals surface area contributed by atoms with Gasteiger partial charge in [-0.2, -0.15) is 0 Å². The van der Waals surface area contributed by atoms with Gasteiger partial charge in [-0.15, -0.1) is 0 Å². The monoisotopic (exact) mass is 496 g/mol. The highest BCUT2D eigenvalue weighted by Gasteiger charge is 2.39. The van der Waals surface area contributed by atoms with Gasteiger partial charge in [0.1, 0.15) is 36.5 Å². The first-order valence-electron chi connectivity index (χ1n) is 12.2. The Bertz CT molecular complexity index is 817. The van der Waals surface area contributed by atoms with Crippen molar-refractivity contribution in [2.45, 2.75) is 84.2 Å². The second kappa shape index (κ2) is 14.4. The zero-order chi connectivity index (χ0) is 26.0. The summed E-state index contributed by atoms with van der Waals surface area (Å²) < 4.78 is 16.4. The number of alkyl carbamates (subject to hydrolysis) is 1. The van der Waals surface area contributed by atoms with Crippen LogP contribution in [-0.4, -0.2) is 77.5 Å². The van der Waals surface area contributed by atoms with Gasteiger partial charge in [0.2, 0.25) is 6.29 Å². The van der Waals surface area contributed by atoms with Gasteiger partial charge in [-0.25, -0.2) is 4.79 Å². The molecule has 0 unspecified atom stereocenters. The number of ether oxygens (including phenoxy) is 3. The van der Waals surface area contributed by atoms with Gasteiger partial charge in [0.05, 0.1) is 6.61 Å². The zero-order valence-electron chi connectivity index (χ0n) is 21.0. The first-order chi connectivity index (χ1) is 16.6. The van der Waals surface area contributed by atoms with E-state index >= 15 is 0 Å². The van der Waals surface area contributed by atoms with Crippen molar-refractivity contribution in [3.8, 4) is 5.75 Å². The Labute approximate surface area is 207 Å². The van der Waals surface area contributed by atoms with Crippen molar-refractivity contribution in [2.24, 2.45) is 5.92 Å². The minimum absolute atomic E-state index is 0.00807. The lowest BCUT2D eigenvalue weighted by atomic mass is 10.0. The molecule has 1 amide bonds. The third kappa shape index (κ3) is 10.1. The quantitative estimate of drug-likeness (QED) is 0.255. The molecule has 0 saturated carbocycles. The molecule has 1 saturated heterocycles. The van der Waals surface area contributed by atoms with Crippen LogP contribution < -0.4 is 15.4 Å². The highest BCUT2D eigenvalue weighted by molar-refractivity contribution is 5.81. The average molecular weight is 497 g/mol. The van der Waals surface area contributed by atoms with Crippen molar-refractivity contribution in [2.75, 3.05) is 19.7 Å². The standard InChI is InChI=1S/C25H40N2O8/c1-15(2)12-27-25(32)34-13-17-7-8-21(35-24-23(31)22(30)20(29)14-33-24)18(10-17)11-19(28)6-5-9-26-16(3)4/h7-8,10,15-16,20,22-24,26,29-31H,5-6,9,11-14H2,1-4H3,(H,27,32)/t20-,22+,23-,24+/m0/s1. The molecule has 1 aromatic carbocycles. The molecule has 0 aromatic heterocycles. The molecule has 5 N–H and O–H groups in total. The molecule has 1 aliphatic rings. The van der Waals surface area contributed by atoms with Crippen molar-refractivity contribution in [3.05, 3.63) is 29.3 Å². The van der Waals surface area contributed by atoms with Crippen LogP contribution in [0.25, 0.3) is 0 Å². The van der Waals surface area contributed by atoms with E-state index < -0.39 is 30.7 Å². The Morgan fingerprint density at radius 2 is 1.89 bits per heavy atom. The predicted molar refractivity (Wildman–Crippen MR) is 129 cm³/mol. The maximum absolute atomic E-state index is 12.7. The molecule has 35 heavy (non-hydrogen) atoms. The largest absolute Gasteiger partial charge is 0.462 e. The number of ketones is 1. The van der Waals surface area contributed by atoms with Crippen molar-refractivity contribution in [1.82, 2.24) is 10.6 Å². The number of nitrogens with one attached hydrogen (secondary N) is 2. The van der Waals surface area contributed by atoms with E-state index in [0.717, 1.165) is 6.54 Å². The zero-order valence-corrected chi connectivity index (χ0v) is 21.0. The average Bonchev–Trinajstić information content (AvgIpc) is 2.80. The van der Waals surface area contributed by atoms with Gasteiger partial charge in [0, 0.05) is 31.0 Å². The van der Waals surface area contributed by atoms with Gasteiger partial charge in [-0.3, -0.25) is 4.79 Å². The Hall–Kier alpha value is -2.24. The lowest BCUT2D eigenvalue weighted by Crippen LogP contribution is -2.54. The smallest absolute Gasteiger partial charge is 0.407 e. The lowest BCUT2D eigenvalue weighted by molar-refractivity contribution is -0.242. The summed E-state index contributed by atoms with van der Waals surface area (Å²) in [6.07, 6.45) is -4.67. The second-order valence-electron chi connectivity index (χ2n) is 9.59. The van der Waals surface area contributed by atoms with Crippen molar-refractivity contribution >= 4 is 11.9 Å². The minimum Gasteiger partial charge on any atom is -0.462 e. The number of Topliss-reactive ketones (excluding diaryl/α,β-unsaturated/α-hetero) is 1. The van der Waals surface area contributed by atoms with Crippen LogP contribution >= 0.6 is 0 Å². The van der Waals surface area contributed by atoms with Crippen LogP contribution in [0.1, 0.15) is 51.7 Å². The summed E-state index contributed by atoms with van der Waals surface area (Å²) >= 11 is 0. The molecule has 1 aliphatic heterocycles. The topological polar surface area (TPSA) is 147 Å². The van der Waals surface area contributed by atoms with E-state index in [4.69, 9.17) is 14.2 Å². The fraction of sp³-hybridized carbons (Fsp3) is 0.680. The SMILES string of the molecule is CC(C)CNC(=O)OCc1ccc(O[C@H]2OC[C@H](O)[C@@H](O)[C@@H]2O)c(CC(=O)CCCNC(C)C)c1. The molecule has 2 rings (SSSR count). The van der Waals surface area contributed by atoms with Gasteiger partial charge in [-0.05, 0) is 36.6 Å². The fourth-order valence-electron chi connectivity index (χ4n) is 3.45. The summed E-state index contributed by atoms with van der Waals surface area (Å²) in [5.41, 5.74) is 1.22. The number of carbonyl (C=O) groups excluding carboxylic acids is 2. The number of amides is 1. The highest BCUT2D eigenvalue weighted by atomic mass is 16.7. The molecule has 0 bridgehead atoms. The van der Waals surface area contributed by atoms with Gasteiger partial charge in [0.15, 0.2) is 0 Å². The first-order valence-corrected chi connectivity index (χ1v) is 12.2. The van der Waals surface area contributed by atoms with E-state index in [9.17, 15) is 24.9 Å². The maximum Gasteiger partial charge on any atom is 0.407 e. The predicted octanol–water partition coefficient (Wildman–Crippen LogP) is 1.28. The number of aliphatic hydroxyl groups excluding tert-OH is 3. The van der Waals surface area contributed by atoms with Crippen LogP contribution in [0.2, 0.25) is 0 Å². The second-order valence-corrected chi connectivity index (χ2v) is 9.59. The molecular weight excluding hydrogens is 456 g/mol. The van der Waals surface area contributed by atoms with E-state index in [1.54, 1.807) is 18.2 Å². The van der Waals surface area contributed by atoms with Crippen LogP contribution in [0.15, 0.2) is 18.2 Å². The summed E-state index contributed by atoms with van der Waals surface area (Å²) in [6, 6.07) is 5.36. The van der Waals surface area contributed by atoms with Crippen molar-refractivity contribution in [1.29, 1.82) is 0 Å². The van der Waals surface area contributed by atoms with E-state index in [1.807, 2.05) is 27.7 Å². The third-order valence-electron chi connectivity index (χ3n) is 5.42. The Kier molecular flexibility index (Phi) is 11.9. The van der Waals surface area contributed by atoms with E-state index in [1.165, 1.54) is 0 Å². The molecule has 1 heterocycles. The van der Waals surface area contributed by atoms with Crippen molar-refractivity contribution in [3.63, 3.8) is 0 Å². The number of carbonyl (C=O) groups is 2. The molecule has 10 heteroatoms. The normalized spacial score (nSPS) is 22.3. The lowest BCUT2D eigenvalue weighted by Gasteiger charge is -2.35. The fourth-order valence-corrected chi connectivity index (χ4v) is 3.45. The minimum atomic E-state index is -1.46. The Morgan fingerprint density at radius 1 is 1.14 bits per heavy atom.